The first-order valence-electron chi connectivity index (χ1n) is 19.0. The van der Waals surface area contributed by atoms with Crippen molar-refractivity contribution in [2.45, 2.75) is 52.9 Å². The van der Waals surface area contributed by atoms with Gasteiger partial charge in [0.1, 0.15) is 5.82 Å². The van der Waals surface area contributed by atoms with E-state index in [0.29, 0.717) is 44.8 Å². The molecule has 3 aromatic heterocycles. The van der Waals surface area contributed by atoms with Crippen molar-refractivity contribution in [1.29, 1.82) is 0 Å². The molecule has 0 aliphatic carbocycles. The van der Waals surface area contributed by atoms with E-state index in [1.165, 1.54) is 21.8 Å². The van der Waals surface area contributed by atoms with Crippen LogP contribution in [-0.2, 0) is 46.4 Å². The van der Waals surface area contributed by atoms with Crippen LogP contribution in [0, 0.1) is 0 Å². The Morgan fingerprint density at radius 2 is 1.25 bits per heavy atom. The van der Waals surface area contributed by atoms with Crippen LogP contribution in [0.4, 0.5) is 11.4 Å². The average Bonchev–Trinajstić information content (AvgIpc) is 3.62. The molecule has 0 fully saturated rings. The molecule has 0 saturated heterocycles. The smallest absolute Gasteiger partial charge is 0.285 e. The Balaban J connectivity index is 0.000000269. The summed E-state index contributed by atoms with van der Waals surface area (Å²) in [5.41, 5.74) is 5.74. The molecule has 0 saturated carbocycles. The molecule has 6 aromatic rings. The largest absolute Gasteiger partial charge is 0.748 e. The molecular weight excluding hydrogens is 878 g/mol. The van der Waals surface area contributed by atoms with Crippen molar-refractivity contribution >= 4 is 117 Å². The van der Waals surface area contributed by atoms with Gasteiger partial charge in [0.25, 0.3) is 16.9 Å². The van der Waals surface area contributed by atoms with Crippen LogP contribution in [0.5, 0.6) is 0 Å². The third-order valence-corrected chi connectivity index (χ3v) is 13.5. The van der Waals surface area contributed by atoms with E-state index >= 15 is 0 Å². The van der Waals surface area contributed by atoms with E-state index in [2.05, 4.69) is 57.9 Å². The van der Waals surface area contributed by atoms with E-state index in [1.54, 1.807) is 24.3 Å². The van der Waals surface area contributed by atoms with Gasteiger partial charge in [-0.2, -0.15) is 9.13 Å². The van der Waals surface area contributed by atoms with Crippen LogP contribution in [0.25, 0.3) is 38.9 Å². The van der Waals surface area contributed by atoms with Gasteiger partial charge in [0.2, 0.25) is 13.1 Å². The van der Waals surface area contributed by atoms with E-state index in [0.717, 1.165) is 35.5 Å². The van der Waals surface area contributed by atoms with Gasteiger partial charge in [-0.15, -0.1) is 0 Å². The molecule has 5 heterocycles. The summed E-state index contributed by atoms with van der Waals surface area (Å²) < 4.78 is 76.4. The van der Waals surface area contributed by atoms with Crippen molar-refractivity contribution in [2.24, 2.45) is 0 Å². The van der Waals surface area contributed by atoms with Crippen LogP contribution in [0.2, 0.25) is 20.1 Å². The fourth-order valence-corrected chi connectivity index (χ4v) is 9.53. The Morgan fingerprint density at radius 1 is 0.712 bits per heavy atom. The summed E-state index contributed by atoms with van der Waals surface area (Å²) in [7, 11) is -8.80. The Morgan fingerprint density at radius 3 is 1.81 bits per heavy atom. The molecule has 0 unspecified atom stereocenters. The third kappa shape index (κ3) is 9.20. The summed E-state index contributed by atoms with van der Waals surface area (Å²) in [5, 5.41) is 4.05. The molecule has 2 aliphatic heterocycles. The minimum absolute atomic E-state index is 0.0956. The normalized spacial score (nSPS) is 14.7. The second-order valence-corrected chi connectivity index (χ2v) is 18.8. The minimum atomic E-state index is -4.40. The maximum Gasteiger partial charge on any atom is 0.285 e. The van der Waals surface area contributed by atoms with Gasteiger partial charge in [0.05, 0.1) is 75.6 Å². The molecule has 0 spiro atoms. The molecule has 310 valence electrons. The van der Waals surface area contributed by atoms with Crippen LogP contribution >= 0.6 is 46.4 Å². The summed E-state index contributed by atoms with van der Waals surface area (Å²) >= 11 is 25.3. The maximum absolute atomic E-state index is 11.3. The number of hydrogen-bond acceptors (Lipinski definition) is 8. The van der Waals surface area contributed by atoms with Gasteiger partial charge in [-0.25, -0.2) is 26.0 Å². The highest BCUT2D eigenvalue weighted by molar-refractivity contribution is 7.85. The lowest BCUT2D eigenvalue weighted by Crippen LogP contribution is -2.50. The topological polar surface area (TPSA) is 137 Å². The summed E-state index contributed by atoms with van der Waals surface area (Å²) in [5.74, 6) is 0.390. The van der Waals surface area contributed by atoms with Crippen LogP contribution in [0.3, 0.4) is 0 Å². The molecule has 0 amide bonds. The Bertz CT molecular complexity index is 2840. The van der Waals surface area contributed by atoms with Crippen molar-refractivity contribution in [1.82, 2.24) is 4.57 Å². The number of imidazole rings is 1. The predicted octanol–water partition coefficient (Wildman–Crippen LogP) is 7.22. The second-order valence-electron chi connectivity index (χ2n) is 14.1. The van der Waals surface area contributed by atoms with Crippen LogP contribution in [0.15, 0.2) is 91.0 Å². The number of fused-ring (bicyclic) bond motifs is 2. The predicted molar refractivity (Wildman–Crippen MR) is 232 cm³/mol. The maximum atomic E-state index is 11.3. The van der Waals surface area contributed by atoms with E-state index in [-0.39, 0.29) is 25.9 Å². The molecule has 3 aromatic carbocycles. The molecule has 18 heteroatoms. The SMILES string of the molecule is CCN1C(=CC=Cc2n(CC)c3cc(Cl)c(Cl)cc3[n+]2CCCS(=O)(=O)[O-])N(CCCS(=O)(=O)[O-])c2cc(Cl)c(Cl)cc21.c1cc2ccc3ccc[n+]4c3c2[n+](c1)CC4. The number of rotatable bonds is 12. The highest BCUT2D eigenvalue weighted by atomic mass is 35.5. The Labute approximate surface area is 363 Å². The van der Waals surface area contributed by atoms with Crippen LogP contribution < -0.4 is 23.5 Å². The summed E-state index contributed by atoms with van der Waals surface area (Å²) in [6.07, 6.45) is 10.1. The number of anilines is 2. The number of hydrogen-bond donors (Lipinski definition) is 0. The third-order valence-electron chi connectivity index (χ3n) is 10.4. The van der Waals surface area contributed by atoms with Gasteiger partial charge in [-0.05, 0) is 69.2 Å². The molecule has 0 N–H and O–H groups in total. The van der Waals surface area contributed by atoms with Gasteiger partial charge in [-0.1, -0.05) is 52.5 Å². The highest BCUT2D eigenvalue weighted by Gasteiger charge is 2.32. The number of allylic oxidation sites excluding steroid dienone is 2. The summed E-state index contributed by atoms with van der Waals surface area (Å²) in [6.45, 7) is 7.62. The zero-order valence-electron chi connectivity index (χ0n) is 32.2. The zero-order valence-corrected chi connectivity index (χ0v) is 36.8. The van der Waals surface area contributed by atoms with E-state index in [4.69, 9.17) is 46.4 Å². The van der Waals surface area contributed by atoms with E-state index in [1.807, 2.05) is 51.0 Å². The summed E-state index contributed by atoms with van der Waals surface area (Å²) in [4.78, 5) is 3.88. The first kappa shape index (κ1) is 43.1. The van der Waals surface area contributed by atoms with Crippen molar-refractivity contribution < 1.29 is 39.6 Å². The number of nitrogens with zero attached hydrogens (tertiary/aromatic N) is 6. The molecule has 59 heavy (non-hydrogen) atoms. The summed E-state index contributed by atoms with van der Waals surface area (Å²) in [6, 6.07) is 20.0. The van der Waals surface area contributed by atoms with Gasteiger partial charge in [0, 0.05) is 54.9 Å². The highest BCUT2D eigenvalue weighted by Crippen LogP contribution is 2.45. The minimum Gasteiger partial charge on any atom is -0.748 e. The number of aryl methyl sites for hydroxylation is 4. The van der Waals surface area contributed by atoms with Gasteiger partial charge in [0.15, 0.2) is 23.4 Å². The molecule has 0 radical (unpaired) electrons. The second kappa shape index (κ2) is 17.5. The fourth-order valence-electron chi connectivity index (χ4n) is 7.94. The van der Waals surface area contributed by atoms with Gasteiger partial charge >= 0.3 is 0 Å². The lowest BCUT2D eigenvalue weighted by molar-refractivity contribution is -0.771. The lowest BCUT2D eigenvalue weighted by atomic mass is 10.1. The van der Waals surface area contributed by atoms with Crippen LogP contribution in [0.1, 0.15) is 32.5 Å². The first-order chi connectivity index (χ1) is 28.1. The van der Waals surface area contributed by atoms with Crippen molar-refractivity contribution in [3.8, 4) is 0 Å². The number of pyridine rings is 2. The number of halogens is 4. The Kier molecular flexibility index (Phi) is 12.8. The molecule has 2 aliphatic rings. The monoisotopic (exact) mass is 917 g/mol. The fraction of sp³-hybridized carbons (Fsp3) is 0.293. The van der Waals surface area contributed by atoms with E-state index < -0.39 is 31.7 Å². The van der Waals surface area contributed by atoms with E-state index in [9.17, 15) is 25.9 Å². The molecule has 0 atom stereocenters. The van der Waals surface area contributed by atoms with Crippen LogP contribution in [-0.4, -0.2) is 55.1 Å². The number of benzene rings is 3. The Hall–Kier alpha value is -3.99. The quantitative estimate of drug-likeness (QED) is 0.0714. The average molecular weight is 920 g/mol. The standard InChI is InChI=1S/C27H30Cl4N4O6S2.C14H12N2/c1-3-32-22-14-18(28)20(30)16-24(22)34(10-6-12-42(36,37)38)26(32)8-5-9-27-33(4-2)23-15-19(29)21(31)17-25(23)35(27)11-7-13-43(39,40)41;1-3-11-5-6-12-4-2-8-16-10-9-15(7-1)13(11)14(12)16/h5,8-9,14-17H,3-4,6-7,10-13H2,1-2H3,(H-,36,37,38,39,40,41);1-8H,9-10H2/q;+2/p-1. The van der Waals surface area contributed by atoms with Gasteiger partial charge < -0.3 is 18.9 Å². The lowest BCUT2D eigenvalue weighted by Gasteiger charge is -2.24. The first-order valence-corrected chi connectivity index (χ1v) is 23.7. The molecule has 0 bridgehead atoms. The van der Waals surface area contributed by atoms with Crippen molar-refractivity contribution in [2.75, 3.05) is 34.4 Å². The molecular formula is C41H41Cl4N6O6S2+. The van der Waals surface area contributed by atoms with Crippen molar-refractivity contribution in [3.05, 3.63) is 117 Å². The molecule has 8 rings (SSSR count). The zero-order chi connectivity index (χ0) is 42.2. The number of aromatic nitrogens is 4. The van der Waals surface area contributed by atoms with Crippen molar-refractivity contribution in [3.63, 3.8) is 0 Å². The molecule has 12 nitrogen and oxygen atoms in total. The van der Waals surface area contributed by atoms with Gasteiger partial charge in [-0.3, -0.25) is 0 Å².